The highest BCUT2D eigenvalue weighted by molar-refractivity contribution is 5.99. The van der Waals surface area contributed by atoms with Gasteiger partial charge in [-0.3, -0.25) is 5.32 Å². The Hall–Kier alpha value is -3.45. The lowest BCUT2D eigenvalue weighted by Crippen LogP contribution is -2.35. The van der Waals surface area contributed by atoms with Crippen molar-refractivity contribution in [1.82, 2.24) is 15.3 Å². The fourth-order valence-corrected chi connectivity index (χ4v) is 2.93. The Labute approximate surface area is 156 Å². The number of aliphatic hydroxyl groups is 1. The summed E-state index contributed by atoms with van der Waals surface area (Å²) in [7, 11) is 1.62. The SMILES string of the molecule is COc1ccc2c(C)nc(NC3=NC(O)C=C(c4ccccc4)N3)nc2c1. The molecule has 0 bridgehead atoms. The summed E-state index contributed by atoms with van der Waals surface area (Å²) in [5.41, 5.74) is 3.31. The van der Waals surface area contributed by atoms with Gasteiger partial charge in [0.15, 0.2) is 6.23 Å². The maximum Gasteiger partial charge on any atom is 0.230 e. The molecule has 7 nitrogen and oxygen atoms in total. The first-order valence-electron chi connectivity index (χ1n) is 8.52. The predicted molar refractivity (Wildman–Crippen MR) is 105 cm³/mol. The van der Waals surface area contributed by atoms with Gasteiger partial charge in [-0.2, -0.15) is 0 Å². The third-order valence-electron chi connectivity index (χ3n) is 4.24. The topological polar surface area (TPSA) is 91.7 Å². The summed E-state index contributed by atoms with van der Waals surface area (Å²) in [5.74, 6) is 1.50. The Morgan fingerprint density at radius 1 is 1.11 bits per heavy atom. The Kier molecular flexibility index (Phi) is 4.43. The van der Waals surface area contributed by atoms with Crippen LogP contribution in [0.3, 0.4) is 0 Å². The summed E-state index contributed by atoms with van der Waals surface area (Å²) in [6.07, 6.45) is 0.698. The largest absolute Gasteiger partial charge is 0.497 e. The minimum atomic E-state index is -0.953. The first kappa shape index (κ1) is 17.0. The van der Waals surface area contributed by atoms with E-state index in [1.54, 1.807) is 13.2 Å². The van der Waals surface area contributed by atoms with Crippen molar-refractivity contribution in [3.63, 3.8) is 0 Å². The molecule has 2 aromatic carbocycles. The smallest absolute Gasteiger partial charge is 0.230 e. The van der Waals surface area contributed by atoms with Gasteiger partial charge in [0.25, 0.3) is 0 Å². The number of ether oxygens (including phenoxy) is 1. The number of guanidine groups is 1. The van der Waals surface area contributed by atoms with E-state index in [2.05, 4.69) is 25.6 Å². The van der Waals surface area contributed by atoms with Gasteiger partial charge in [0.2, 0.25) is 11.9 Å². The zero-order valence-electron chi connectivity index (χ0n) is 15.0. The van der Waals surface area contributed by atoms with Crippen LogP contribution in [0.25, 0.3) is 16.6 Å². The van der Waals surface area contributed by atoms with Crippen molar-refractivity contribution in [3.05, 3.63) is 65.9 Å². The summed E-state index contributed by atoms with van der Waals surface area (Å²) in [4.78, 5) is 13.2. The molecule has 0 saturated carbocycles. The van der Waals surface area contributed by atoms with Crippen molar-refractivity contribution < 1.29 is 9.84 Å². The number of methoxy groups -OCH3 is 1. The van der Waals surface area contributed by atoms with Crippen LogP contribution in [0.2, 0.25) is 0 Å². The number of aryl methyl sites for hydroxylation is 1. The standard InChI is InChI=1S/C20H19N5O2/c1-12-15-9-8-14(27-2)10-17(15)23-19(21-12)25-20-22-16(11-18(26)24-20)13-6-4-3-5-7-13/h3-11,18,26H,1-2H3,(H2,21,22,23,24,25). The molecule has 27 heavy (non-hydrogen) atoms. The molecule has 1 aliphatic heterocycles. The monoisotopic (exact) mass is 361 g/mol. The molecule has 3 N–H and O–H groups in total. The number of hydrogen-bond acceptors (Lipinski definition) is 7. The van der Waals surface area contributed by atoms with Gasteiger partial charge in [-0.25, -0.2) is 15.0 Å². The summed E-state index contributed by atoms with van der Waals surface area (Å²) < 4.78 is 5.27. The highest BCUT2D eigenvalue weighted by Gasteiger charge is 2.16. The van der Waals surface area contributed by atoms with E-state index < -0.39 is 6.23 Å². The molecule has 0 fully saturated rings. The van der Waals surface area contributed by atoms with E-state index in [9.17, 15) is 5.11 Å². The van der Waals surface area contributed by atoms with Crippen molar-refractivity contribution in [1.29, 1.82) is 0 Å². The normalized spacial score (nSPS) is 16.3. The van der Waals surface area contributed by atoms with Gasteiger partial charge >= 0.3 is 0 Å². The van der Waals surface area contributed by atoms with Gasteiger partial charge in [-0.05, 0) is 30.7 Å². The Morgan fingerprint density at radius 2 is 1.93 bits per heavy atom. The van der Waals surface area contributed by atoms with E-state index in [-0.39, 0.29) is 0 Å². The Balaban J connectivity index is 1.62. The van der Waals surface area contributed by atoms with Crippen LogP contribution in [0.5, 0.6) is 5.75 Å². The molecule has 0 amide bonds. The minimum Gasteiger partial charge on any atom is -0.497 e. The predicted octanol–water partition coefficient (Wildman–Crippen LogP) is 2.68. The Morgan fingerprint density at radius 3 is 2.70 bits per heavy atom. The van der Waals surface area contributed by atoms with E-state index in [4.69, 9.17) is 4.74 Å². The van der Waals surface area contributed by atoms with Gasteiger partial charge in [-0.15, -0.1) is 0 Å². The molecule has 0 spiro atoms. The van der Waals surface area contributed by atoms with Crippen LogP contribution < -0.4 is 15.4 Å². The van der Waals surface area contributed by atoms with E-state index in [1.807, 2.05) is 55.5 Å². The number of rotatable bonds is 3. The minimum absolute atomic E-state index is 0.380. The second kappa shape index (κ2) is 7.05. The number of nitrogens with zero attached hydrogens (tertiary/aromatic N) is 3. The zero-order valence-corrected chi connectivity index (χ0v) is 15.0. The van der Waals surface area contributed by atoms with Crippen molar-refractivity contribution in [2.75, 3.05) is 12.4 Å². The number of fused-ring (bicyclic) bond motifs is 1. The van der Waals surface area contributed by atoms with Gasteiger partial charge in [-0.1, -0.05) is 30.3 Å². The molecule has 4 rings (SSSR count). The summed E-state index contributed by atoms with van der Waals surface area (Å²) in [6.45, 7) is 1.92. The third kappa shape index (κ3) is 3.58. The van der Waals surface area contributed by atoms with Gasteiger partial charge in [0.05, 0.1) is 18.3 Å². The molecule has 3 aromatic rings. The van der Waals surface area contributed by atoms with Crippen molar-refractivity contribution in [2.24, 2.45) is 4.99 Å². The average molecular weight is 361 g/mol. The van der Waals surface area contributed by atoms with Crippen molar-refractivity contribution >= 4 is 28.5 Å². The molecule has 1 unspecified atom stereocenters. The molecular weight excluding hydrogens is 342 g/mol. The second-order valence-corrected chi connectivity index (χ2v) is 6.10. The first-order chi connectivity index (χ1) is 13.1. The van der Waals surface area contributed by atoms with Gasteiger partial charge in [0.1, 0.15) is 5.75 Å². The lowest BCUT2D eigenvalue weighted by atomic mass is 10.1. The lowest BCUT2D eigenvalue weighted by Gasteiger charge is -2.20. The third-order valence-corrected chi connectivity index (χ3v) is 4.24. The van der Waals surface area contributed by atoms with Gasteiger partial charge in [0, 0.05) is 17.1 Å². The molecule has 7 heteroatoms. The molecule has 1 aromatic heterocycles. The number of aromatic nitrogens is 2. The fraction of sp³-hybridized carbons (Fsp3) is 0.150. The molecular formula is C20H19N5O2. The van der Waals surface area contributed by atoms with Crippen LogP contribution >= 0.6 is 0 Å². The molecule has 0 saturated heterocycles. The quantitative estimate of drug-likeness (QED) is 0.664. The second-order valence-electron chi connectivity index (χ2n) is 6.10. The van der Waals surface area contributed by atoms with E-state index in [0.29, 0.717) is 11.9 Å². The van der Waals surface area contributed by atoms with Crippen LogP contribution in [0.1, 0.15) is 11.3 Å². The van der Waals surface area contributed by atoms with Crippen LogP contribution in [0.15, 0.2) is 59.6 Å². The number of aliphatic hydroxyl groups excluding tert-OH is 1. The van der Waals surface area contributed by atoms with Gasteiger partial charge < -0.3 is 15.2 Å². The summed E-state index contributed by atoms with van der Waals surface area (Å²) >= 11 is 0. The van der Waals surface area contributed by atoms with Crippen molar-refractivity contribution in [3.8, 4) is 5.75 Å². The van der Waals surface area contributed by atoms with Crippen LogP contribution in [0.4, 0.5) is 5.95 Å². The highest BCUT2D eigenvalue weighted by atomic mass is 16.5. The Bertz CT molecular complexity index is 1050. The lowest BCUT2D eigenvalue weighted by molar-refractivity contribution is 0.232. The molecule has 1 aliphatic rings. The number of hydrogen-bond donors (Lipinski definition) is 3. The number of aliphatic imine (C=N–C) groups is 1. The van der Waals surface area contributed by atoms with E-state index >= 15 is 0 Å². The maximum atomic E-state index is 10.1. The number of anilines is 1. The fourth-order valence-electron chi connectivity index (χ4n) is 2.93. The molecule has 2 heterocycles. The maximum absolute atomic E-state index is 10.1. The zero-order chi connectivity index (χ0) is 18.8. The van der Waals surface area contributed by atoms with Crippen molar-refractivity contribution in [2.45, 2.75) is 13.2 Å². The van der Waals surface area contributed by atoms with Crippen LogP contribution in [-0.2, 0) is 0 Å². The van der Waals surface area contributed by atoms with Crippen LogP contribution in [-0.4, -0.2) is 34.4 Å². The molecule has 0 aliphatic carbocycles. The van der Waals surface area contributed by atoms with Crippen LogP contribution in [0, 0.1) is 6.92 Å². The molecule has 1 atom stereocenters. The highest BCUT2D eigenvalue weighted by Crippen LogP contribution is 2.23. The van der Waals surface area contributed by atoms with E-state index in [1.165, 1.54) is 0 Å². The van der Waals surface area contributed by atoms with E-state index in [0.717, 1.165) is 33.6 Å². The summed E-state index contributed by atoms with van der Waals surface area (Å²) in [5, 5.41) is 17.3. The number of benzene rings is 2. The number of nitrogens with one attached hydrogen (secondary N) is 2. The summed E-state index contributed by atoms with van der Waals surface area (Å²) in [6, 6.07) is 15.4. The first-order valence-corrected chi connectivity index (χ1v) is 8.52. The average Bonchev–Trinajstić information content (AvgIpc) is 2.67. The molecule has 136 valence electrons. The molecule has 0 radical (unpaired) electrons.